The quantitative estimate of drug-likeness (QED) is 0.0688. The van der Waals surface area contributed by atoms with Crippen molar-refractivity contribution in [2.24, 2.45) is 0 Å². The molecule has 0 aliphatic heterocycles. The molecule has 0 radical (unpaired) electrons. The van der Waals surface area contributed by atoms with Gasteiger partial charge in [0, 0.05) is 11.1 Å². The van der Waals surface area contributed by atoms with Crippen molar-refractivity contribution in [2.45, 2.75) is 129 Å². The van der Waals surface area contributed by atoms with Gasteiger partial charge in [-0.1, -0.05) is 117 Å². The summed E-state index contributed by atoms with van der Waals surface area (Å²) in [6.07, 6.45) is 21.1. The summed E-state index contributed by atoms with van der Waals surface area (Å²) in [5.41, 5.74) is 1.06. The maximum absolute atomic E-state index is 12.0. The number of ether oxygens (including phenoxy) is 3. The Hall–Kier alpha value is -1.62. The van der Waals surface area contributed by atoms with E-state index in [0.29, 0.717) is 24.0 Å². The molecule has 0 bridgehead atoms. The van der Waals surface area contributed by atoms with Crippen molar-refractivity contribution in [1.82, 2.24) is 0 Å². The molecule has 0 rings (SSSR count). The van der Waals surface area contributed by atoms with Gasteiger partial charge in [0.15, 0.2) is 0 Å². The first kappa shape index (κ1) is 33.4. The van der Waals surface area contributed by atoms with E-state index in [1.165, 1.54) is 77.0 Å². The van der Waals surface area contributed by atoms with Gasteiger partial charge in [0.25, 0.3) is 0 Å². The van der Waals surface area contributed by atoms with E-state index in [1.54, 1.807) is 0 Å². The molecule has 0 saturated heterocycles. The molecule has 204 valence electrons. The lowest BCUT2D eigenvalue weighted by Gasteiger charge is -2.09. The van der Waals surface area contributed by atoms with Crippen LogP contribution in [0.25, 0.3) is 0 Å². The fourth-order valence-electron chi connectivity index (χ4n) is 3.84. The minimum Gasteiger partial charge on any atom is -0.460 e. The third kappa shape index (κ3) is 22.6. The molecular weight excluding hydrogens is 440 g/mol. The lowest BCUT2D eigenvalue weighted by Crippen LogP contribution is -2.16. The number of carbonyl (C=O) groups is 2. The number of carbonyl (C=O) groups excluding carboxylic acids is 2. The number of unbranched alkanes of at least 4 members (excludes halogenated alkanes) is 14. The molecular formula is C30H54O5. The zero-order chi connectivity index (χ0) is 26.0. The molecule has 0 aromatic carbocycles. The molecule has 0 N–H and O–H groups in total. The summed E-state index contributed by atoms with van der Waals surface area (Å²) in [7, 11) is 0. The van der Waals surface area contributed by atoms with Gasteiger partial charge in [-0.3, -0.25) is 0 Å². The van der Waals surface area contributed by atoms with E-state index in [2.05, 4.69) is 27.0 Å². The molecule has 0 fully saturated rings. The Labute approximate surface area is 216 Å². The van der Waals surface area contributed by atoms with E-state index in [9.17, 15) is 9.59 Å². The van der Waals surface area contributed by atoms with E-state index in [4.69, 9.17) is 14.2 Å². The van der Waals surface area contributed by atoms with Gasteiger partial charge in [-0.25, -0.2) is 9.59 Å². The third-order valence-electron chi connectivity index (χ3n) is 6.16. The van der Waals surface area contributed by atoms with Crippen LogP contribution in [0.4, 0.5) is 0 Å². The molecule has 0 aromatic heterocycles. The second kappa shape index (κ2) is 25.5. The van der Waals surface area contributed by atoms with E-state index in [-0.39, 0.29) is 38.4 Å². The van der Waals surface area contributed by atoms with Crippen LogP contribution >= 0.6 is 0 Å². The van der Waals surface area contributed by atoms with Crippen molar-refractivity contribution < 1.29 is 23.8 Å². The first-order valence-electron chi connectivity index (χ1n) is 14.3. The van der Waals surface area contributed by atoms with Crippen molar-refractivity contribution in [2.75, 3.05) is 26.4 Å². The van der Waals surface area contributed by atoms with Crippen LogP contribution in [0.1, 0.15) is 129 Å². The summed E-state index contributed by atoms with van der Waals surface area (Å²) in [4.78, 5) is 23.9. The number of hydrogen-bond acceptors (Lipinski definition) is 5. The average Bonchev–Trinajstić information content (AvgIpc) is 2.85. The Morgan fingerprint density at radius 1 is 0.486 bits per heavy atom. The van der Waals surface area contributed by atoms with Gasteiger partial charge in [0.05, 0.1) is 13.2 Å². The van der Waals surface area contributed by atoms with Gasteiger partial charge >= 0.3 is 11.9 Å². The second-order valence-electron chi connectivity index (χ2n) is 9.54. The molecule has 0 saturated carbocycles. The fraction of sp³-hybridized carbons (Fsp3) is 0.800. The Morgan fingerprint density at radius 3 is 1.14 bits per heavy atom. The van der Waals surface area contributed by atoms with Crippen molar-refractivity contribution in [3.05, 3.63) is 24.3 Å². The summed E-state index contributed by atoms with van der Waals surface area (Å²) in [6, 6.07) is 0. The Balaban J connectivity index is 3.53. The monoisotopic (exact) mass is 494 g/mol. The Morgan fingerprint density at radius 2 is 0.800 bits per heavy atom. The smallest absolute Gasteiger partial charge is 0.333 e. The zero-order valence-electron chi connectivity index (χ0n) is 23.0. The summed E-state index contributed by atoms with van der Waals surface area (Å²) < 4.78 is 15.8. The third-order valence-corrected chi connectivity index (χ3v) is 6.16. The maximum atomic E-state index is 12.0. The highest BCUT2D eigenvalue weighted by Crippen LogP contribution is 2.14. The normalized spacial score (nSPS) is 10.8. The molecule has 0 unspecified atom stereocenters. The first-order chi connectivity index (χ1) is 17.0. The number of esters is 2. The molecule has 35 heavy (non-hydrogen) atoms. The van der Waals surface area contributed by atoms with Gasteiger partial charge in [0.1, 0.15) is 13.2 Å². The van der Waals surface area contributed by atoms with Crippen molar-refractivity contribution in [3.63, 3.8) is 0 Å². The minimum absolute atomic E-state index is 0.175. The lowest BCUT2D eigenvalue weighted by molar-refractivity contribution is -0.142. The first-order valence-corrected chi connectivity index (χ1v) is 14.3. The topological polar surface area (TPSA) is 61.8 Å². The Bertz CT molecular complexity index is 507. The predicted octanol–water partition coefficient (Wildman–Crippen LogP) is 8.26. The summed E-state index contributed by atoms with van der Waals surface area (Å²) in [6.45, 7) is 13.0. The van der Waals surface area contributed by atoms with E-state index >= 15 is 0 Å². The van der Waals surface area contributed by atoms with Gasteiger partial charge in [-0.15, -0.1) is 0 Å². The van der Waals surface area contributed by atoms with Crippen LogP contribution in [0.15, 0.2) is 24.3 Å². The predicted molar refractivity (Wildman–Crippen MR) is 145 cm³/mol. The molecule has 0 aliphatic rings. The summed E-state index contributed by atoms with van der Waals surface area (Å²) in [5, 5.41) is 0. The van der Waals surface area contributed by atoms with E-state index in [0.717, 1.165) is 25.7 Å². The maximum Gasteiger partial charge on any atom is 0.333 e. The summed E-state index contributed by atoms with van der Waals surface area (Å²) >= 11 is 0. The molecule has 0 amide bonds. The average molecular weight is 495 g/mol. The van der Waals surface area contributed by atoms with Crippen molar-refractivity contribution >= 4 is 11.9 Å². The van der Waals surface area contributed by atoms with E-state index in [1.807, 2.05) is 0 Å². The van der Waals surface area contributed by atoms with Crippen molar-refractivity contribution in [3.8, 4) is 0 Å². The van der Waals surface area contributed by atoms with Crippen LogP contribution in [0.3, 0.4) is 0 Å². The largest absolute Gasteiger partial charge is 0.460 e. The van der Waals surface area contributed by atoms with Crippen LogP contribution in [0.5, 0.6) is 0 Å². The van der Waals surface area contributed by atoms with Crippen LogP contribution in [0, 0.1) is 0 Å². The van der Waals surface area contributed by atoms with Gasteiger partial charge < -0.3 is 14.2 Å². The summed E-state index contributed by atoms with van der Waals surface area (Å²) in [5.74, 6) is -0.694. The highest BCUT2D eigenvalue weighted by molar-refractivity contribution is 5.88. The minimum atomic E-state index is -0.347. The molecule has 0 spiro atoms. The molecule has 5 heteroatoms. The highest BCUT2D eigenvalue weighted by Gasteiger charge is 2.09. The van der Waals surface area contributed by atoms with Crippen LogP contribution in [0.2, 0.25) is 0 Å². The van der Waals surface area contributed by atoms with Crippen LogP contribution < -0.4 is 0 Å². The zero-order valence-corrected chi connectivity index (χ0v) is 23.0. The molecule has 0 heterocycles. The van der Waals surface area contributed by atoms with Gasteiger partial charge in [-0.05, 0) is 25.7 Å². The highest BCUT2D eigenvalue weighted by atomic mass is 16.6. The number of hydrogen-bond donors (Lipinski definition) is 0. The van der Waals surface area contributed by atoms with Crippen LogP contribution in [-0.2, 0) is 23.8 Å². The Kier molecular flexibility index (Phi) is 24.3. The molecule has 5 nitrogen and oxygen atoms in total. The van der Waals surface area contributed by atoms with Gasteiger partial charge in [-0.2, -0.15) is 0 Å². The van der Waals surface area contributed by atoms with E-state index < -0.39 is 0 Å². The lowest BCUT2D eigenvalue weighted by atomic mass is 10.1. The molecule has 0 atom stereocenters. The second-order valence-corrected chi connectivity index (χ2v) is 9.54. The molecule has 0 aliphatic carbocycles. The fourth-order valence-corrected chi connectivity index (χ4v) is 3.84. The van der Waals surface area contributed by atoms with Gasteiger partial charge in [0.2, 0.25) is 0 Å². The van der Waals surface area contributed by atoms with Crippen LogP contribution in [-0.4, -0.2) is 38.4 Å². The van der Waals surface area contributed by atoms with Crippen molar-refractivity contribution in [1.29, 1.82) is 0 Å². The molecule has 0 aromatic rings. The standard InChI is InChI=1S/C30H54O5/c1-5-7-9-11-13-15-17-19-21-27(3)29(31)34-25-23-33-24-26-35-30(32)28(4)22-20-18-16-14-12-10-8-6-2/h3-26H2,1-2H3. The number of rotatable bonds is 26. The SMILES string of the molecule is C=C(CCCCCCCCCC)C(=O)OCCOCCOC(=O)C(=C)CCCCCCCCCC.